The third-order valence-corrected chi connectivity index (χ3v) is 4.24. The lowest BCUT2D eigenvalue weighted by atomic mass is 10.1. The normalized spacial score (nSPS) is 16.4. The van der Waals surface area contributed by atoms with Crippen LogP contribution in [0.4, 0.5) is 0 Å². The Labute approximate surface area is 125 Å². The lowest BCUT2D eigenvalue weighted by Crippen LogP contribution is -2.33. The molecule has 0 atom stereocenters. The largest absolute Gasteiger partial charge is 0.300 e. The first-order valence-electron chi connectivity index (χ1n) is 7.49. The van der Waals surface area contributed by atoms with Gasteiger partial charge in [-0.1, -0.05) is 18.2 Å². The highest BCUT2D eigenvalue weighted by Gasteiger charge is 2.20. The number of carbonyl (C=O) groups is 1. The molecule has 0 spiro atoms. The van der Waals surface area contributed by atoms with E-state index in [-0.39, 0.29) is 0 Å². The van der Waals surface area contributed by atoms with Crippen molar-refractivity contribution in [3.05, 3.63) is 47.3 Å². The van der Waals surface area contributed by atoms with Gasteiger partial charge in [0.05, 0.1) is 11.4 Å². The van der Waals surface area contributed by atoms with Gasteiger partial charge < -0.3 is 0 Å². The third-order valence-electron chi connectivity index (χ3n) is 4.24. The Bertz CT molecular complexity index is 636. The zero-order valence-corrected chi connectivity index (χ0v) is 12.7. The van der Waals surface area contributed by atoms with E-state index in [1.54, 1.807) is 0 Å². The summed E-state index contributed by atoms with van der Waals surface area (Å²) in [5, 5.41) is 4.68. The Morgan fingerprint density at radius 1 is 1.10 bits per heavy atom. The van der Waals surface area contributed by atoms with E-state index < -0.39 is 0 Å². The maximum Gasteiger partial charge on any atom is 0.135 e. The lowest BCUT2D eigenvalue weighted by Gasteiger charge is -2.25. The molecule has 1 fully saturated rings. The minimum Gasteiger partial charge on any atom is -0.300 e. The summed E-state index contributed by atoms with van der Waals surface area (Å²) >= 11 is 0. The van der Waals surface area contributed by atoms with Crippen molar-refractivity contribution < 1.29 is 4.79 Å². The summed E-state index contributed by atoms with van der Waals surface area (Å²) in [7, 11) is 0. The summed E-state index contributed by atoms with van der Waals surface area (Å²) < 4.78 is 2.01. The molecule has 0 aliphatic carbocycles. The standard InChI is InChI=1S/C17H21N3O/c1-13-17(12-19-10-8-16(21)9-11-19)14(2)20(18-13)15-6-4-3-5-7-15/h3-7H,8-12H2,1-2H3. The highest BCUT2D eigenvalue weighted by molar-refractivity contribution is 5.79. The number of carbonyl (C=O) groups excluding carboxylic acids is 1. The fourth-order valence-corrected chi connectivity index (χ4v) is 2.91. The van der Waals surface area contributed by atoms with Crippen LogP contribution in [0.2, 0.25) is 0 Å². The Kier molecular flexibility index (Phi) is 3.88. The molecule has 2 heterocycles. The number of Topliss-reactive ketones (excluding diaryl/α,β-unsaturated/α-hetero) is 1. The van der Waals surface area contributed by atoms with Gasteiger partial charge in [0.2, 0.25) is 0 Å². The van der Waals surface area contributed by atoms with Gasteiger partial charge in [0.25, 0.3) is 0 Å². The molecular formula is C17H21N3O. The molecule has 0 N–H and O–H groups in total. The fraction of sp³-hybridized carbons (Fsp3) is 0.412. The van der Waals surface area contributed by atoms with Crippen molar-refractivity contribution in [1.82, 2.24) is 14.7 Å². The summed E-state index contributed by atoms with van der Waals surface area (Å²) in [6, 6.07) is 10.2. The molecule has 110 valence electrons. The van der Waals surface area contributed by atoms with Crippen molar-refractivity contribution >= 4 is 5.78 Å². The fourth-order valence-electron chi connectivity index (χ4n) is 2.91. The van der Waals surface area contributed by atoms with Gasteiger partial charge in [-0.15, -0.1) is 0 Å². The van der Waals surface area contributed by atoms with Crippen molar-refractivity contribution in [2.24, 2.45) is 0 Å². The SMILES string of the molecule is Cc1nn(-c2ccccc2)c(C)c1CN1CCC(=O)CC1. The number of nitrogens with zero attached hydrogens (tertiary/aromatic N) is 3. The Balaban J connectivity index is 1.83. The first-order valence-corrected chi connectivity index (χ1v) is 7.49. The van der Waals surface area contributed by atoms with E-state index in [2.05, 4.69) is 36.0 Å². The molecule has 1 aliphatic rings. The van der Waals surface area contributed by atoms with Crippen LogP contribution in [0.1, 0.15) is 29.8 Å². The molecule has 0 saturated carbocycles. The number of aromatic nitrogens is 2. The molecule has 4 heteroatoms. The van der Waals surface area contributed by atoms with Crippen molar-refractivity contribution in [3.8, 4) is 5.69 Å². The van der Waals surface area contributed by atoms with Crippen LogP contribution in [-0.2, 0) is 11.3 Å². The van der Waals surface area contributed by atoms with Gasteiger partial charge in [0, 0.05) is 43.7 Å². The summed E-state index contributed by atoms with van der Waals surface area (Å²) in [4.78, 5) is 13.7. The number of ketones is 1. The van der Waals surface area contributed by atoms with E-state index in [9.17, 15) is 4.79 Å². The number of hydrogen-bond acceptors (Lipinski definition) is 3. The maximum atomic E-state index is 11.3. The van der Waals surface area contributed by atoms with Crippen LogP contribution in [0, 0.1) is 13.8 Å². The topological polar surface area (TPSA) is 38.1 Å². The van der Waals surface area contributed by atoms with Crippen molar-refractivity contribution in [2.75, 3.05) is 13.1 Å². The average molecular weight is 283 g/mol. The van der Waals surface area contributed by atoms with E-state index in [0.29, 0.717) is 18.6 Å². The molecule has 1 aromatic carbocycles. The lowest BCUT2D eigenvalue weighted by molar-refractivity contribution is -0.121. The van der Waals surface area contributed by atoms with Gasteiger partial charge in [-0.3, -0.25) is 9.69 Å². The molecule has 4 nitrogen and oxygen atoms in total. The average Bonchev–Trinajstić information content (AvgIpc) is 2.78. The first kappa shape index (κ1) is 14.0. The molecule has 2 aromatic rings. The number of benzene rings is 1. The molecule has 1 aromatic heterocycles. The molecule has 0 bridgehead atoms. The third kappa shape index (κ3) is 2.90. The van der Waals surface area contributed by atoms with Crippen molar-refractivity contribution in [3.63, 3.8) is 0 Å². The van der Waals surface area contributed by atoms with E-state index in [1.807, 2.05) is 22.9 Å². The van der Waals surface area contributed by atoms with Crippen LogP contribution in [0.25, 0.3) is 5.69 Å². The second-order valence-corrected chi connectivity index (χ2v) is 5.71. The van der Waals surface area contributed by atoms with Crippen LogP contribution < -0.4 is 0 Å². The van der Waals surface area contributed by atoms with Gasteiger partial charge in [-0.2, -0.15) is 5.10 Å². The Hall–Kier alpha value is -1.94. The second-order valence-electron chi connectivity index (χ2n) is 5.71. The predicted octanol–water partition coefficient (Wildman–Crippen LogP) is 2.65. The number of hydrogen-bond donors (Lipinski definition) is 0. The Morgan fingerprint density at radius 3 is 2.43 bits per heavy atom. The first-order chi connectivity index (χ1) is 10.1. The number of piperidine rings is 1. The van der Waals surface area contributed by atoms with Crippen molar-refractivity contribution in [1.29, 1.82) is 0 Å². The maximum absolute atomic E-state index is 11.3. The molecule has 3 rings (SSSR count). The monoisotopic (exact) mass is 283 g/mol. The minimum atomic E-state index is 0.389. The molecule has 0 amide bonds. The number of likely N-dealkylation sites (tertiary alicyclic amines) is 1. The smallest absolute Gasteiger partial charge is 0.135 e. The minimum absolute atomic E-state index is 0.389. The van der Waals surface area contributed by atoms with Gasteiger partial charge in [-0.25, -0.2) is 4.68 Å². The van der Waals surface area contributed by atoms with Crippen LogP contribution in [0.15, 0.2) is 30.3 Å². The van der Waals surface area contributed by atoms with Gasteiger partial charge in [-0.05, 0) is 26.0 Å². The zero-order chi connectivity index (χ0) is 14.8. The zero-order valence-electron chi connectivity index (χ0n) is 12.7. The van der Waals surface area contributed by atoms with Gasteiger partial charge in [0.1, 0.15) is 5.78 Å². The molecule has 0 radical (unpaired) electrons. The molecule has 21 heavy (non-hydrogen) atoms. The van der Waals surface area contributed by atoms with Crippen LogP contribution in [-0.4, -0.2) is 33.6 Å². The summed E-state index contributed by atoms with van der Waals surface area (Å²) in [6.07, 6.45) is 1.37. The van der Waals surface area contributed by atoms with Gasteiger partial charge >= 0.3 is 0 Å². The number of rotatable bonds is 3. The second kappa shape index (κ2) is 5.82. The summed E-state index contributed by atoms with van der Waals surface area (Å²) in [5.74, 6) is 0.389. The quantitative estimate of drug-likeness (QED) is 0.869. The summed E-state index contributed by atoms with van der Waals surface area (Å²) in [5.41, 5.74) is 4.65. The van der Waals surface area contributed by atoms with Crippen LogP contribution >= 0.6 is 0 Å². The summed E-state index contributed by atoms with van der Waals surface area (Å²) in [6.45, 7) is 6.81. The van der Waals surface area contributed by atoms with E-state index in [0.717, 1.165) is 31.0 Å². The van der Waals surface area contributed by atoms with E-state index in [1.165, 1.54) is 11.3 Å². The highest BCUT2D eigenvalue weighted by Crippen LogP contribution is 2.20. The predicted molar refractivity (Wildman–Crippen MR) is 82.6 cm³/mol. The van der Waals surface area contributed by atoms with Crippen molar-refractivity contribution in [2.45, 2.75) is 33.2 Å². The van der Waals surface area contributed by atoms with Crippen LogP contribution in [0.5, 0.6) is 0 Å². The van der Waals surface area contributed by atoms with E-state index >= 15 is 0 Å². The molecule has 1 aliphatic heterocycles. The Morgan fingerprint density at radius 2 is 1.76 bits per heavy atom. The molecule has 1 saturated heterocycles. The molecular weight excluding hydrogens is 262 g/mol. The highest BCUT2D eigenvalue weighted by atomic mass is 16.1. The van der Waals surface area contributed by atoms with Gasteiger partial charge in [0.15, 0.2) is 0 Å². The van der Waals surface area contributed by atoms with Crippen LogP contribution in [0.3, 0.4) is 0 Å². The number of aryl methyl sites for hydroxylation is 1. The molecule has 0 unspecified atom stereocenters. The number of para-hydroxylation sites is 1. The van der Waals surface area contributed by atoms with E-state index in [4.69, 9.17) is 0 Å².